The molecule has 0 spiro atoms. The molecule has 5 heteroatoms. The number of hydrogen-bond acceptors (Lipinski definition) is 2. The Balaban J connectivity index is 2.43. The highest BCUT2D eigenvalue weighted by atomic mass is 19.4. The molecule has 0 fully saturated rings. The van der Waals surface area contributed by atoms with Crippen LogP contribution in [0.2, 0.25) is 0 Å². The number of benzene rings is 1. The molecule has 112 valence electrons. The predicted octanol–water partition coefficient (Wildman–Crippen LogP) is 3.92. The SMILES string of the molecule is CC(C)N(CCCC(=O)c1ccccc1)CC(F)(F)F. The maximum absolute atomic E-state index is 12.4. The zero-order valence-corrected chi connectivity index (χ0v) is 11.8. The molecule has 0 aliphatic rings. The summed E-state index contributed by atoms with van der Waals surface area (Å²) in [5, 5.41) is 0. The summed E-state index contributed by atoms with van der Waals surface area (Å²) in [7, 11) is 0. The van der Waals surface area contributed by atoms with Crippen molar-refractivity contribution < 1.29 is 18.0 Å². The number of nitrogens with zero attached hydrogens (tertiary/aromatic N) is 1. The monoisotopic (exact) mass is 287 g/mol. The van der Waals surface area contributed by atoms with Crippen molar-refractivity contribution in [3.63, 3.8) is 0 Å². The van der Waals surface area contributed by atoms with Gasteiger partial charge in [0.15, 0.2) is 5.78 Å². The first-order valence-electron chi connectivity index (χ1n) is 6.68. The van der Waals surface area contributed by atoms with Crippen LogP contribution in [0.4, 0.5) is 13.2 Å². The Bertz CT molecular complexity index is 415. The van der Waals surface area contributed by atoms with Gasteiger partial charge in [-0.05, 0) is 26.8 Å². The maximum atomic E-state index is 12.4. The Labute approximate surface area is 117 Å². The van der Waals surface area contributed by atoms with Crippen molar-refractivity contribution in [1.82, 2.24) is 4.90 Å². The van der Waals surface area contributed by atoms with Gasteiger partial charge < -0.3 is 0 Å². The number of Topliss-reactive ketones (excluding diaryl/α,β-unsaturated/α-hetero) is 1. The molecular weight excluding hydrogens is 267 g/mol. The minimum absolute atomic E-state index is 0.0266. The van der Waals surface area contributed by atoms with Crippen molar-refractivity contribution in [3.05, 3.63) is 35.9 Å². The number of alkyl halides is 3. The molecule has 0 bridgehead atoms. The lowest BCUT2D eigenvalue weighted by Gasteiger charge is -2.27. The number of halogens is 3. The third-order valence-electron chi connectivity index (χ3n) is 3.06. The topological polar surface area (TPSA) is 20.3 Å². The van der Waals surface area contributed by atoms with Crippen molar-refractivity contribution in [2.75, 3.05) is 13.1 Å². The average Bonchev–Trinajstić information content (AvgIpc) is 2.37. The molecule has 1 aromatic carbocycles. The van der Waals surface area contributed by atoms with Crippen molar-refractivity contribution in [3.8, 4) is 0 Å². The van der Waals surface area contributed by atoms with Crippen molar-refractivity contribution in [2.24, 2.45) is 0 Å². The average molecular weight is 287 g/mol. The van der Waals surface area contributed by atoms with E-state index in [1.807, 2.05) is 6.07 Å². The predicted molar refractivity (Wildman–Crippen MR) is 72.8 cm³/mol. The van der Waals surface area contributed by atoms with Crippen LogP contribution < -0.4 is 0 Å². The molecule has 0 radical (unpaired) electrons. The molecule has 0 atom stereocenters. The van der Waals surface area contributed by atoms with Gasteiger partial charge in [0.2, 0.25) is 0 Å². The molecule has 0 aliphatic carbocycles. The third-order valence-corrected chi connectivity index (χ3v) is 3.06. The summed E-state index contributed by atoms with van der Waals surface area (Å²) in [5.41, 5.74) is 0.611. The van der Waals surface area contributed by atoms with E-state index in [1.165, 1.54) is 4.90 Å². The van der Waals surface area contributed by atoms with Crippen LogP contribution in [-0.4, -0.2) is 36.0 Å². The number of ketones is 1. The smallest absolute Gasteiger partial charge is 0.294 e. The van der Waals surface area contributed by atoms with E-state index in [9.17, 15) is 18.0 Å². The molecule has 0 N–H and O–H groups in total. The highest BCUT2D eigenvalue weighted by Crippen LogP contribution is 2.18. The van der Waals surface area contributed by atoms with Gasteiger partial charge in [0.05, 0.1) is 6.54 Å². The van der Waals surface area contributed by atoms with Crippen LogP contribution in [-0.2, 0) is 0 Å². The standard InChI is InChI=1S/C15H20F3NO/c1-12(2)19(11-15(16,17)18)10-6-9-14(20)13-7-4-3-5-8-13/h3-5,7-8,12H,6,9-11H2,1-2H3. The van der Waals surface area contributed by atoms with Crippen molar-refractivity contribution >= 4 is 5.78 Å². The molecule has 0 saturated heterocycles. The second-order valence-corrected chi connectivity index (χ2v) is 5.07. The normalized spacial score (nSPS) is 12.2. The zero-order valence-electron chi connectivity index (χ0n) is 11.8. The van der Waals surface area contributed by atoms with Crippen molar-refractivity contribution in [1.29, 1.82) is 0 Å². The van der Waals surface area contributed by atoms with Gasteiger partial charge in [-0.1, -0.05) is 30.3 Å². The summed E-state index contributed by atoms with van der Waals surface area (Å²) in [5.74, 6) is -0.0266. The van der Waals surface area contributed by atoms with Crippen LogP contribution in [0.5, 0.6) is 0 Å². The summed E-state index contributed by atoms with van der Waals surface area (Å²) in [6.45, 7) is 2.80. The minimum Gasteiger partial charge on any atom is -0.294 e. The second kappa shape index (κ2) is 7.43. The third kappa shape index (κ3) is 6.19. The van der Waals surface area contributed by atoms with Crippen LogP contribution >= 0.6 is 0 Å². The van der Waals surface area contributed by atoms with Crippen LogP contribution in [0, 0.1) is 0 Å². The molecule has 0 amide bonds. The van der Waals surface area contributed by atoms with Gasteiger partial charge in [-0.3, -0.25) is 9.69 Å². The van der Waals surface area contributed by atoms with Crippen LogP contribution in [0.3, 0.4) is 0 Å². The Morgan fingerprint density at radius 2 is 1.80 bits per heavy atom. The summed E-state index contributed by atoms with van der Waals surface area (Å²) in [4.78, 5) is 13.2. The molecule has 1 aromatic rings. The van der Waals surface area contributed by atoms with E-state index in [-0.39, 0.29) is 24.8 Å². The van der Waals surface area contributed by atoms with Gasteiger partial charge in [-0.2, -0.15) is 13.2 Å². The van der Waals surface area contributed by atoms with Gasteiger partial charge in [0, 0.05) is 18.0 Å². The Morgan fingerprint density at radius 1 is 1.20 bits per heavy atom. The van der Waals surface area contributed by atoms with Gasteiger partial charge in [0.25, 0.3) is 0 Å². The summed E-state index contributed by atoms with van der Waals surface area (Å²) in [6, 6.07) is 8.62. The number of carbonyl (C=O) groups is 1. The fourth-order valence-corrected chi connectivity index (χ4v) is 1.96. The second-order valence-electron chi connectivity index (χ2n) is 5.07. The summed E-state index contributed by atoms with van der Waals surface area (Å²) < 4.78 is 37.2. The maximum Gasteiger partial charge on any atom is 0.401 e. The van der Waals surface area contributed by atoms with E-state index in [4.69, 9.17) is 0 Å². The van der Waals surface area contributed by atoms with Gasteiger partial charge in [-0.25, -0.2) is 0 Å². The largest absolute Gasteiger partial charge is 0.401 e. The fraction of sp³-hybridized carbons (Fsp3) is 0.533. The van der Waals surface area contributed by atoms with E-state index in [0.717, 1.165) is 0 Å². The number of carbonyl (C=O) groups excluding carboxylic acids is 1. The first kappa shape index (κ1) is 16.7. The lowest BCUT2D eigenvalue weighted by Crippen LogP contribution is -2.39. The Kier molecular flexibility index (Phi) is 6.20. The Hall–Kier alpha value is -1.36. The van der Waals surface area contributed by atoms with E-state index < -0.39 is 12.7 Å². The number of rotatable bonds is 7. The zero-order chi connectivity index (χ0) is 15.2. The fourth-order valence-electron chi connectivity index (χ4n) is 1.96. The first-order valence-corrected chi connectivity index (χ1v) is 6.68. The van der Waals surface area contributed by atoms with E-state index in [1.54, 1.807) is 38.1 Å². The molecule has 1 rings (SSSR count). The summed E-state index contributed by atoms with van der Waals surface area (Å²) in [6.07, 6.45) is -3.50. The lowest BCUT2D eigenvalue weighted by atomic mass is 10.1. The van der Waals surface area contributed by atoms with Crippen LogP contribution in [0.25, 0.3) is 0 Å². The van der Waals surface area contributed by atoms with Gasteiger partial charge in [0.1, 0.15) is 0 Å². The first-order chi connectivity index (χ1) is 9.29. The van der Waals surface area contributed by atoms with E-state index in [2.05, 4.69) is 0 Å². The molecule has 0 heterocycles. The summed E-state index contributed by atoms with van der Waals surface area (Å²) >= 11 is 0. The minimum atomic E-state index is -4.20. The van der Waals surface area contributed by atoms with Crippen molar-refractivity contribution in [2.45, 2.75) is 38.9 Å². The highest BCUT2D eigenvalue weighted by molar-refractivity contribution is 5.95. The van der Waals surface area contributed by atoms with Crippen LogP contribution in [0.1, 0.15) is 37.0 Å². The molecule has 0 unspecified atom stereocenters. The van der Waals surface area contributed by atoms with E-state index in [0.29, 0.717) is 12.0 Å². The number of hydrogen-bond donors (Lipinski definition) is 0. The lowest BCUT2D eigenvalue weighted by molar-refractivity contribution is -0.149. The molecule has 2 nitrogen and oxygen atoms in total. The van der Waals surface area contributed by atoms with Gasteiger partial charge >= 0.3 is 6.18 Å². The Morgan fingerprint density at radius 3 is 2.30 bits per heavy atom. The molecular formula is C15H20F3NO. The molecule has 0 saturated carbocycles. The van der Waals surface area contributed by atoms with Gasteiger partial charge in [-0.15, -0.1) is 0 Å². The quantitative estimate of drug-likeness (QED) is 0.708. The molecule has 20 heavy (non-hydrogen) atoms. The van der Waals surface area contributed by atoms with E-state index >= 15 is 0 Å². The molecule has 0 aromatic heterocycles. The van der Waals surface area contributed by atoms with Crippen LogP contribution in [0.15, 0.2) is 30.3 Å². The molecule has 0 aliphatic heterocycles. The highest BCUT2D eigenvalue weighted by Gasteiger charge is 2.31.